The molecule has 1 N–H and O–H groups in total. The summed E-state index contributed by atoms with van der Waals surface area (Å²) in [7, 11) is 0. The van der Waals surface area contributed by atoms with Gasteiger partial charge in [-0.1, -0.05) is 18.2 Å². The second kappa shape index (κ2) is 9.29. The number of hydrogen-bond acceptors (Lipinski definition) is 6. The van der Waals surface area contributed by atoms with Gasteiger partial charge in [0.25, 0.3) is 5.91 Å². The van der Waals surface area contributed by atoms with Crippen LogP contribution in [0.4, 0.5) is 10.1 Å². The van der Waals surface area contributed by atoms with Gasteiger partial charge >= 0.3 is 5.97 Å². The largest absolute Gasteiger partial charge is 0.452 e. The molecule has 0 aliphatic carbocycles. The van der Waals surface area contributed by atoms with Crippen molar-refractivity contribution in [3.8, 4) is 0 Å². The predicted octanol–water partition coefficient (Wildman–Crippen LogP) is 4.37. The van der Waals surface area contributed by atoms with E-state index in [1.165, 1.54) is 41.3 Å². The molecule has 0 radical (unpaired) electrons. The maximum absolute atomic E-state index is 13.1. The minimum atomic E-state index is -0.592. The predicted molar refractivity (Wildman–Crippen MR) is 103 cm³/mol. The molecule has 5 nitrogen and oxygen atoms in total. The van der Waals surface area contributed by atoms with Crippen molar-refractivity contribution in [1.29, 1.82) is 0 Å². The minimum Gasteiger partial charge on any atom is -0.452 e. The first-order chi connectivity index (χ1) is 13.1. The molecule has 0 saturated carbocycles. The lowest BCUT2D eigenvalue weighted by Gasteiger charge is -2.09. The Labute approximate surface area is 163 Å². The van der Waals surface area contributed by atoms with Crippen LogP contribution in [-0.4, -0.2) is 23.5 Å². The summed E-state index contributed by atoms with van der Waals surface area (Å²) in [5.41, 5.74) is 3.38. The summed E-state index contributed by atoms with van der Waals surface area (Å²) in [6, 6.07) is 12.5. The van der Waals surface area contributed by atoms with Crippen LogP contribution in [0, 0.1) is 5.82 Å². The Morgan fingerprint density at radius 2 is 2.04 bits per heavy atom. The molecule has 3 rings (SSSR count). The van der Waals surface area contributed by atoms with E-state index in [0.717, 1.165) is 10.6 Å². The fraction of sp³-hybridized carbons (Fsp3) is 0.105. The Morgan fingerprint density at radius 3 is 2.81 bits per heavy atom. The Balaban J connectivity index is 1.56. The average Bonchev–Trinajstić information content (AvgIpc) is 3.18. The molecule has 0 bridgehead atoms. The number of nitrogens with one attached hydrogen (secondary N) is 1. The second-order valence-corrected chi connectivity index (χ2v) is 7.14. The maximum Gasteiger partial charge on any atom is 0.339 e. The lowest BCUT2D eigenvalue weighted by molar-refractivity contribution is -0.119. The lowest BCUT2D eigenvalue weighted by atomic mass is 10.2. The minimum absolute atomic E-state index is 0.301. The van der Waals surface area contributed by atoms with Gasteiger partial charge < -0.3 is 10.1 Å². The van der Waals surface area contributed by atoms with Crippen LogP contribution >= 0.6 is 23.1 Å². The molecule has 1 aromatic heterocycles. The van der Waals surface area contributed by atoms with E-state index >= 15 is 0 Å². The quantitative estimate of drug-likeness (QED) is 0.469. The third-order valence-corrected chi connectivity index (χ3v) is 5.15. The Kier molecular flexibility index (Phi) is 6.56. The summed E-state index contributed by atoms with van der Waals surface area (Å²) >= 11 is 2.99. The maximum atomic E-state index is 13.1. The number of rotatable bonds is 7. The molecule has 2 aromatic carbocycles. The molecule has 0 saturated heterocycles. The van der Waals surface area contributed by atoms with E-state index in [1.54, 1.807) is 23.7 Å². The Hall–Kier alpha value is -2.71. The fourth-order valence-electron chi connectivity index (χ4n) is 2.19. The van der Waals surface area contributed by atoms with Crippen molar-refractivity contribution in [2.24, 2.45) is 0 Å². The van der Waals surface area contributed by atoms with Gasteiger partial charge in [0.1, 0.15) is 5.82 Å². The number of aromatic nitrogens is 1. The number of carbonyl (C=O) groups is 2. The summed E-state index contributed by atoms with van der Waals surface area (Å²) in [5, 5.41) is 4.43. The standard InChI is InChI=1S/C19H15FN2O3S2/c20-13-4-3-5-14(8-13)22-18(23)9-25-19(24)16-6-1-2-7-17(16)27-11-15-10-26-12-21-15/h1-8,10,12H,9,11H2,(H,22,23). The number of halogens is 1. The SMILES string of the molecule is O=C(COC(=O)c1ccccc1SCc1cscn1)Nc1cccc(F)c1. The van der Waals surface area contributed by atoms with E-state index in [2.05, 4.69) is 10.3 Å². The zero-order valence-electron chi connectivity index (χ0n) is 14.1. The molecule has 0 spiro atoms. The molecule has 0 aliphatic rings. The van der Waals surface area contributed by atoms with Crippen LogP contribution in [0.5, 0.6) is 0 Å². The first kappa shape index (κ1) is 19.1. The molecule has 0 atom stereocenters. The fourth-order valence-corrected chi connectivity index (χ4v) is 3.80. The summed E-state index contributed by atoms with van der Waals surface area (Å²) in [6.07, 6.45) is 0. The van der Waals surface area contributed by atoms with Crippen molar-refractivity contribution in [1.82, 2.24) is 4.98 Å². The highest BCUT2D eigenvalue weighted by Gasteiger charge is 2.15. The molecule has 1 amide bonds. The van der Waals surface area contributed by atoms with Crippen LogP contribution < -0.4 is 5.32 Å². The molecule has 0 aliphatic heterocycles. The van der Waals surface area contributed by atoms with Gasteiger partial charge in [0.05, 0.1) is 16.8 Å². The summed E-state index contributed by atoms with van der Waals surface area (Å²) < 4.78 is 18.2. The molecule has 0 unspecified atom stereocenters. The summed E-state index contributed by atoms with van der Waals surface area (Å²) in [5.74, 6) is -0.961. The zero-order chi connectivity index (χ0) is 19.1. The third kappa shape index (κ3) is 5.63. The number of hydrogen-bond donors (Lipinski definition) is 1. The van der Waals surface area contributed by atoms with Gasteiger partial charge in [0.2, 0.25) is 0 Å². The van der Waals surface area contributed by atoms with Crippen LogP contribution in [0.1, 0.15) is 16.1 Å². The van der Waals surface area contributed by atoms with E-state index in [9.17, 15) is 14.0 Å². The van der Waals surface area contributed by atoms with Crippen LogP contribution in [0.3, 0.4) is 0 Å². The number of ether oxygens (including phenoxy) is 1. The van der Waals surface area contributed by atoms with Gasteiger partial charge in [-0.25, -0.2) is 14.2 Å². The smallest absolute Gasteiger partial charge is 0.339 e. The number of esters is 1. The van der Waals surface area contributed by atoms with Crippen LogP contribution in [0.15, 0.2) is 64.3 Å². The molecular weight excluding hydrogens is 387 g/mol. The second-order valence-electron chi connectivity index (χ2n) is 5.40. The van der Waals surface area contributed by atoms with Crippen molar-refractivity contribution >= 4 is 40.7 Å². The van der Waals surface area contributed by atoms with E-state index in [1.807, 2.05) is 17.5 Å². The lowest BCUT2D eigenvalue weighted by Crippen LogP contribution is -2.21. The zero-order valence-corrected chi connectivity index (χ0v) is 15.7. The highest BCUT2D eigenvalue weighted by atomic mass is 32.2. The van der Waals surface area contributed by atoms with Gasteiger partial charge in [0.15, 0.2) is 6.61 Å². The number of thiazole rings is 1. The molecule has 138 valence electrons. The topological polar surface area (TPSA) is 68.3 Å². The highest BCUT2D eigenvalue weighted by molar-refractivity contribution is 7.98. The number of thioether (sulfide) groups is 1. The van der Waals surface area contributed by atoms with E-state index in [4.69, 9.17) is 4.74 Å². The van der Waals surface area contributed by atoms with Gasteiger partial charge in [-0.05, 0) is 30.3 Å². The first-order valence-corrected chi connectivity index (χ1v) is 9.86. The number of carbonyl (C=O) groups excluding carboxylic acids is 2. The molecule has 8 heteroatoms. The van der Waals surface area contributed by atoms with Crippen molar-refractivity contribution in [3.05, 3.63) is 76.5 Å². The van der Waals surface area contributed by atoms with Crippen molar-refractivity contribution < 1.29 is 18.7 Å². The molecule has 3 aromatic rings. The third-order valence-electron chi connectivity index (χ3n) is 3.41. The highest BCUT2D eigenvalue weighted by Crippen LogP contribution is 2.26. The van der Waals surface area contributed by atoms with Crippen LogP contribution in [0.25, 0.3) is 0 Å². The van der Waals surface area contributed by atoms with Crippen LogP contribution in [0.2, 0.25) is 0 Å². The Bertz CT molecular complexity index is 932. The molecule has 27 heavy (non-hydrogen) atoms. The molecule has 1 heterocycles. The summed E-state index contributed by atoms with van der Waals surface area (Å²) in [4.78, 5) is 29.2. The number of benzene rings is 2. The van der Waals surface area contributed by atoms with E-state index < -0.39 is 24.3 Å². The van der Waals surface area contributed by atoms with Gasteiger partial charge in [-0.15, -0.1) is 23.1 Å². The average molecular weight is 402 g/mol. The summed E-state index contributed by atoms with van der Waals surface area (Å²) in [6.45, 7) is -0.458. The van der Waals surface area contributed by atoms with Gasteiger partial charge in [-0.3, -0.25) is 4.79 Å². The number of amides is 1. The van der Waals surface area contributed by atoms with Gasteiger partial charge in [0, 0.05) is 21.7 Å². The molecular formula is C19H15FN2O3S2. The van der Waals surface area contributed by atoms with Crippen molar-refractivity contribution in [2.45, 2.75) is 10.6 Å². The van der Waals surface area contributed by atoms with Crippen molar-refractivity contribution in [2.75, 3.05) is 11.9 Å². The van der Waals surface area contributed by atoms with Gasteiger partial charge in [-0.2, -0.15) is 0 Å². The normalized spacial score (nSPS) is 10.4. The first-order valence-electron chi connectivity index (χ1n) is 7.93. The monoisotopic (exact) mass is 402 g/mol. The van der Waals surface area contributed by atoms with Crippen molar-refractivity contribution in [3.63, 3.8) is 0 Å². The van der Waals surface area contributed by atoms with E-state index in [0.29, 0.717) is 17.0 Å². The molecule has 0 fully saturated rings. The number of nitrogens with zero attached hydrogens (tertiary/aromatic N) is 1. The van der Waals surface area contributed by atoms with Crippen LogP contribution in [-0.2, 0) is 15.3 Å². The Morgan fingerprint density at radius 1 is 1.19 bits per heavy atom. The van der Waals surface area contributed by atoms with E-state index in [-0.39, 0.29) is 0 Å². The number of anilines is 1.